The monoisotopic (exact) mass is 399 g/mol. The molecule has 0 aliphatic carbocycles. The van der Waals surface area contributed by atoms with Crippen LogP contribution in [0.15, 0.2) is 52.4 Å². The van der Waals surface area contributed by atoms with Crippen molar-refractivity contribution in [3.05, 3.63) is 47.2 Å². The van der Waals surface area contributed by atoms with Gasteiger partial charge in [-0.05, 0) is 41.2 Å². The zero-order chi connectivity index (χ0) is 16.6. The van der Waals surface area contributed by atoms with E-state index in [1.807, 2.05) is 47.0 Å². The number of rotatable bonds is 4. The topological polar surface area (TPSA) is 68.0 Å². The molecule has 0 atom stereocenters. The van der Waals surface area contributed by atoms with Gasteiger partial charge in [0.1, 0.15) is 4.75 Å². The number of aromatic nitrogens is 3. The van der Waals surface area contributed by atoms with E-state index in [0.717, 1.165) is 28.2 Å². The molecule has 0 spiro atoms. The Balaban J connectivity index is 0.00000208. The summed E-state index contributed by atoms with van der Waals surface area (Å²) >= 11 is 4.58. The first-order chi connectivity index (χ1) is 10.9. The zero-order valence-corrected chi connectivity index (χ0v) is 14.9. The van der Waals surface area contributed by atoms with Gasteiger partial charge in [0.25, 0.3) is 0 Å². The summed E-state index contributed by atoms with van der Waals surface area (Å²) in [5.41, 5.74) is 0.906. The Morgan fingerprint density at radius 1 is 1.17 bits per heavy atom. The maximum absolute atomic E-state index is 11.4. The number of benzene rings is 2. The van der Waals surface area contributed by atoms with Gasteiger partial charge >= 0.3 is 24.8 Å². The van der Waals surface area contributed by atoms with E-state index >= 15 is 0 Å². The molecule has 0 saturated carbocycles. The van der Waals surface area contributed by atoms with E-state index in [1.54, 1.807) is 13.8 Å². The molecule has 1 heterocycles. The third kappa shape index (κ3) is 3.55. The fraction of sp³-hybridized carbons (Fsp3) is 0.188. The molecule has 8 heteroatoms. The van der Waals surface area contributed by atoms with Crippen LogP contribution in [0.4, 0.5) is 0 Å². The number of fused-ring (bicyclic) bond motifs is 1. The Morgan fingerprint density at radius 2 is 1.83 bits per heavy atom. The van der Waals surface area contributed by atoms with Crippen LogP contribution in [0.3, 0.4) is 0 Å². The van der Waals surface area contributed by atoms with E-state index < -0.39 is 10.7 Å². The first-order valence-corrected chi connectivity index (χ1v) is 8.52. The van der Waals surface area contributed by atoms with Gasteiger partial charge in [0.15, 0.2) is 5.16 Å². The van der Waals surface area contributed by atoms with Gasteiger partial charge in [-0.15, -0.1) is 10.2 Å². The minimum absolute atomic E-state index is 0. The molecule has 24 heavy (non-hydrogen) atoms. The quantitative estimate of drug-likeness (QED) is 0.537. The van der Waals surface area contributed by atoms with E-state index in [2.05, 4.69) is 26.1 Å². The molecule has 3 aromatic rings. The molecule has 0 fully saturated rings. The average Bonchev–Trinajstić information content (AvgIpc) is 2.86. The molecular formula is C16H15BrLiN3O2S. The number of carbonyl (C=O) groups is 1. The predicted molar refractivity (Wildman–Crippen MR) is 101 cm³/mol. The van der Waals surface area contributed by atoms with Crippen LogP contribution in [-0.4, -0.2) is 49.4 Å². The Morgan fingerprint density at radius 3 is 2.54 bits per heavy atom. The number of nitrogens with zero attached hydrogens (tertiary/aromatic N) is 3. The van der Waals surface area contributed by atoms with E-state index in [9.17, 15) is 9.90 Å². The summed E-state index contributed by atoms with van der Waals surface area (Å²) in [7, 11) is 0. The first kappa shape index (κ1) is 19.1. The van der Waals surface area contributed by atoms with Gasteiger partial charge in [-0.2, -0.15) is 0 Å². The number of hydrogen-bond donors (Lipinski definition) is 1. The van der Waals surface area contributed by atoms with Crippen LogP contribution in [0.5, 0.6) is 0 Å². The molecule has 0 saturated heterocycles. The fourth-order valence-corrected chi connectivity index (χ4v) is 3.65. The summed E-state index contributed by atoms with van der Waals surface area (Å²) in [5, 5.41) is 20.2. The van der Waals surface area contributed by atoms with Gasteiger partial charge in [0.2, 0.25) is 4.73 Å². The van der Waals surface area contributed by atoms with Crippen molar-refractivity contribution < 1.29 is 9.90 Å². The number of carboxylic acid groups (broad SMARTS) is 1. The zero-order valence-electron chi connectivity index (χ0n) is 12.5. The molecule has 0 aliphatic rings. The molecule has 1 N–H and O–H groups in total. The van der Waals surface area contributed by atoms with Crippen molar-refractivity contribution in [1.82, 2.24) is 14.8 Å². The van der Waals surface area contributed by atoms with Crippen molar-refractivity contribution >= 4 is 63.3 Å². The van der Waals surface area contributed by atoms with Crippen LogP contribution in [0.1, 0.15) is 13.8 Å². The molecule has 120 valence electrons. The van der Waals surface area contributed by atoms with Crippen molar-refractivity contribution in [1.29, 1.82) is 0 Å². The fourth-order valence-electron chi connectivity index (χ4n) is 2.20. The second-order valence-corrected chi connectivity index (χ2v) is 7.80. The third-order valence-electron chi connectivity index (χ3n) is 3.46. The van der Waals surface area contributed by atoms with Crippen LogP contribution in [0.2, 0.25) is 0 Å². The van der Waals surface area contributed by atoms with Crippen molar-refractivity contribution in [2.75, 3.05) is 0 Å². The molecule has 0 radical (unpaired) electrons. The molecule has 0 bridgehead atoms. The average molecular weight is 400 g/mol. The summed E-state index contributed by atoms with van der Waals surface area (Å²) in [6.45, 7) is 3.30. The van der Waals surface area contributed by atoms with Gasteiger partial charge < -0.3 is 5.11 Å². The SMILES string of the molecule is CC(C)(Sc1nnc(Br)n1-c1cccc2ccccc12)C(=O)O.[LiH]. The van der Waals surface area contributed by atoms with Crippen LogP contribution in [-0.2, 0) is 4.79 Å². The molecular weight excluding hydrogens is 385 g/mol. The summed E-state index contributed by atoms with van der Waals surface area (Å²) in [6, 6.07) is 14.0. The summed E-state index contributed by atoms with van der Waals surface area (Å²) in [4.78, 5) is 11.4. The minimum atomic E-state index is -1.01. The van der Waals surface area contributed by atoms with Gasteiger partial charge in [-0.25, -0.2) is 0 Å². The first-order valence-electron chi connectivity index (χ1n) is 6.91. The van der Waals surface area contributed by atoms with Crippen molar-refractivity contribution in [2.45, 2.75) is 23.8 Å². The van der Waals surface area contributed by atoms with Gasteiger partial charge in [0, 0.05) is 5.39 Å². The molecule has 5 nitrogen and oxygen atoms in total. The number of thioether (sulfide) groups is 1. The Bertz CT molecular complexity index is 893. The molecule has 2 aromatic carbocycles. The molecule has 0 amide bonds. The van der Waals surface area contributed by atoms with Crippen molar-refractivity contribution in [2.24, 2.45) is 0 Å². The maximum atomic E-state index is 11.4. The van der Waals surface area contributed by atoms with E-state index in [4.69, 9.17) is 0 Å². The number of hydrogen-bond acceptors (Lipinski definition) is 4. The second kappa shape index (κ2) is 7.32. The predicted octanol–water partition coefficient (Wildman–Crippen LogP) is 3.49. The summed E-state index contributed by atoms with van der Waals surface area (Å²) in [6.07, 6.45) is 0. The third-order valence-corrected chi connectivity index (χ3v) is 5.11. The van der Waals surface area contributed by atoms with Crippen LogP contribution < -0.4 is 0 Å². The Hall–Kier alpha value is -1.26. The Labute approximate surface area is 164 Å². The van der Waals surface area contributed by atoms with Gasteiger partial charge in [-0.1, -0.05) is 48.2 Å². The van der Waals surface area contributed by atoms with E-state index in [0.29, 0.717) is 9.89 Å². The van der Waals surface area contributed by atoms with Crippen LogP contribution in [0, 0.1) is 0 Å². The number of halogens is 1. The van der Waals surface area contributed by atoms with E-state index in [-0.39, 0.29) is 18.9 Å². The van der Waals surface area contributed by atoms with Gasteiger partial charge in [-0.3, -0.25) is 9.36 Å². The molecule has 3 rings (SSSR count). The number of carboxylic acids is 1. The Kier molecular flexibility index (Phi) is 5.81. The van der Waals surface area contributed by atoms with Crippen LogP contribution in [0.25, 0.3) is 16.5 Å². The normalized spacial score (nSPS) is 11.3. The summed E-state index contributed by atoms with van der Waals surface area (Å²) in [5.74, 6) is -0.897. The summed E-state index contributed by atoms with van der Waals surface area (Å²) < 4.78 is 1.37. The van der Waals surface area contributed by atoms with Gasteiger partial charge in [0.05, 0.1) is 5.69 Å². The van der Waals surface area contributed by atoms with Crippen molar-refractivity contribution in [3.63, 3.8) is 0 Å². The van der Waals surface area contributed by atoms with Crippen LogP contribution >= 0.6 is 27.7 Å². The second-order valence-electron chi connectivity index (χ2n) is 5.50. The standard InChI is InChI=1S/C16H14BrN3O2S.Li.H/c1-16(2,13(21)22)23-15-19-18-14(17)20(15)12-9-5-7-10-6-3-4-8-11(10)12;;/h3-9H,1-2H3,(H,21,22);;. The molecule has 0 aliphatic heterocycles. The molecule has 0 unspecified atom stereocenters. The van der Waals surface area contributed by atoms with Crippen molar-refractivity contribution in [3.8, 4) is 5.69 Å². The van der Waals surface area contributed by atoms with E-state index in [1.165, 1.54) is 0 Å². The molecule has 1 aromatic heterocycles. The number of aliphatic carboxylic acids is 1.